The highest BCUT2D eigenvalue weighted by atomic mass is 19.4. The molecule has 0 aromatic heterocycles. The molecule has 0 fully saturated rings. The molecule has 0 aliphatic heterocycles. The van der Waals surface area contributed by atoms with E-state index >= 15 is 0 Å². The second-order valence-corrected chi connectivity index (χ2v) is 4.32. The van der Waals surface area contributed by atoms with Crippen molar-refractivity contribution in [2.45, 2.75) is 32.4 Å². The van der Waals surface area contributed by atoms with Gasteiger partial charge in [-0.2, -0.15) is 13.2 Å². The lowest BCUT2D eigenvalue weighted by Crippen LogP contribution is -2.32. The van der Waals surface area contributed by atoms with Crippen LogP contribution in [0, 0.1) is 0 Å². The summed E-state index contributed by atoms with van der Waals surface area (Å²) >= 11 is 0. The zero-order valence-electron chi connectivity index (χ0n) is 11.4. The summed E-state index contributed by atoms with van der Waals surface area (Å²) in [6.45, 7) is 5.82. The molecule has 110 valence electrons. The van der Waals surface area contributed by atoms with Crippen LogP contribution in [0.5, 0.6) is 0 Å². The van der Waals surface area contributed by atoms with E-state index in [-0.39, 0.29) is 6.54 Å². The Morgan fingerprint density at radius 1 is 1.11 bits per heavy atom. The zero-order valence-corrected chi connectivity index (χ0v) is 11.4. The molecular weight excluding hydrogens is 245 g/mol. The Kier molecular flexibility index (Phi) is 10.4. The number of hydrogen-bond donors (Lipinski definition) is 1. The first kappa shape index (κ1) is 17.7. The van der Waals surface area contributed by atoms with Crippen LogP contribution >= 0.6 is 0 Å². The largest absolute Gasteiger partial charge is 0.390 e. The van der Waals surface area contributed by atoms with Crippen molar-refractivity contribution in [1.29, 1.82) is 0 Å². The van der Waals surface area contributed by atoms with Gasteiger partial charge in [-0.15, -0.1) is 0 Å². The Labute approximate surface area is 108 Å². The van der Waals surface area contributed by atoms with E-state index in [0.29, 0.717) is 6.54 Å². The molecule has 18 heavy (non-hydrogen) atoms. The first-order chi connectivity index (χ1) is 8.45. The van der Waals surface area contributed by atoms with E-state index in [9.17, 15) is 13.2 Å². The van der Waals surface area contributed by atoms with Crippen molar-refractivity contribution in [3.8, 4) is 0 Å². The lowest BCUT2D eigenvalue weighted by Gasteiger charge is -2.17. The van der Waals surface area contributed by atoms with Crippen LogP contribution in [-0.4, -0.2) is 57.5 Å². The van der Waals surface area contributed by atoms with Gasteiger partial charge < -0.3 is 15.0 Å². The fraction of sp³-hybridized carbons (Fsp3) is 1.00. The Morgan fingerprint density at radius 3 is 2.44 bits per heavy atom. The normalized spacial score (nSPS) is 12.3. The predicted octanol–water partition coefficient (Wildman–Crippen LogP) is 2.28. The second-order valence-electron chi connectivity index (χ2n) is 4.32. The van der Waals surface area contributed by atoms with Gasteiger partial charge in [-0.25, -0.2) is 0 Å². The number of halogens is 3. The number of unbranched alkanes of at least 4 members (excludes halogenated alkanes) is 1. The molecule has 0 aromatic carbocycles. The Balaban J connectivity index is 3.23. The summed E-state index contributed by atoms with van der Waals surface area (Å²) in [7, 11) is 1.71. The van der Waals surface area contributed by atoms with Gasteiger partial charge in [0.25, 0.3) is 0 Å². The highest BCUT2D eigenvalue weighted by molar-refractivity contribution is 4.59. The number of alkyl halides is 3. The summed E-state index contributed by atoms with van der Waals surface area (Å²) in [5, 5.41) is 3.21. The van der Waals surface area contributed by atoms with Gasteiger partial charge in [-0.1, -0.05) is 0 Å². The van der Waals surface area contributed by atoms with Crippen molar-refractivity contribution >= 4 is 0 Å². The SMILES string of the molecule is CCOCCCCNCCN(C)CCC(F)(F)F. The Hall–Kier alpha value is -0.330. The molecule has 0 amide bonds. The quantitative estimate of drug-likeness (QED) is 0.583. The fourth-order valence-electron chi connectivity index (χ4n) is 1.42. The first-order valence-corrected chi connectivity index (χ1v) is 6.49. The van der Waals surface area contributed by atoms with Crippen LogP contribution in [0.4, 0.5) is 13.2 Å². The minimum absolute atomic E-state index is 0.0650. The molecule has 0 unspecified atom stereocenters. The smallest absolute Gasteiger partial charge is 0.382 e. The summed E-state index contributed by atoms with van der Waals surface area (Å²) in [5.74, 6) is 0. The van der Waals surface area contributed by atoms with Crippen molar-refractivity contribution in [2.24, 2.45) is 0 Å². The number of hydrogen-bond acceptors (Lipinski definition) is 3. The van der Waals surface area contributed by atoms with Crippen LogP contribution in [0.25, 0.3) is 0 Å². The summed E-state index contributed by atoms with van der Waals surface area (Å²) in [5.41, 5.74) is 0. The number of ether oxygens (including phenoxy) is 1. The molecule has 0 saturated heterocycles. The van der Waals surface area contributed by atoms with Gasteiger partial charge in [0.05, 0.1) is 6.42 Å². The van der Waals surface area contributed by atoms with Crippen LogP contribution in [-0.2, 0) is 4.74 Å². The molecule has 0 aliphatic rings. The van der Waals surface area contributed by atoms with Crippen LogP contribution in [0.1, 0.15) is 26.2 Å². The highest BCUT2D eigenvalue weighted by Crippen LogP contribution is 2.19. The second kappa shape index (κ2) is 10.6. The lowest BCUT2D eigenvalue weighted by atomic mass is 10.3. The van der Waals surface area contributed by atoms with E-state index in [1.807, 2.05) is 6.92 Å². The molecule has 0 rings (SSSR count). The van der Waals surface area contributed by atoms with Crippen molar-refractivity contribution in [2.75, 3.05) is 46.4 Å². The standard InChI is InChI=1S/C12H25F3N2O/c1-3-18-11-5-4-7-16-8-10-17(2)9-6-12(13,14)15/h16H,3-11H2,1-2H3. The molecule has 3 nitrogen and oxygen atoms in total. The van der Waals surface area contributed by atoms with Gasteiger partial charge in [-0.05, 0) is 33.4 Å². The number of nitrogens with one attached hydrogen (secondary N) is 1. The van der Waals surface area contributed by atoms with Gasteiger partial charge in [0.2, 0.25) is 0 Å². The molecule has 0 bridgehead atoms. The van der Waals surface area contributed by atoms with E-state index in [1.54, 1.807) is 11.9 Å². The average Bonchev–Trinajstić information content (AvgIpc) is 2.29. The van der Waals surface area contributed by atoms with E-state index in [1.165, 1.54) is 0 Å². The van der Waals surface area contributed by atoms with Crippen LogP contribution < -0.4 is 5.32 Å². The summed E-state index contributed by atoms with van der Waals surface area (Å²) in [6.07, 6.45) is -2.74. The van der Waals surface area contributed by atoms with Crippen molar-refractivity contribution in [3.63, 3.8) is 0 Å². The average molecular weight is 270 g/mol. The molecule has 6 heteroatoms. The van der Waals surface area contributed by atoms with E-state index < -0.39 is 12.6 Å². The molecule has 0 aliphatic carbocycles. The van der Waals surface area contributed by atoms with E-state index in [4.69, 9.17) is 4.74 Å². The van der Waals surface area contributed by atoms with Crippen molar-refractivity contribution < 1.29 is 17.9 Å². The highest BCUT2D eigenvalue weighted by Gasteiger charge is 2.26. The maximum atomic E-state index is 12.0. The number of likely N-dealkylation sites (N-methyl/N-ethyl adjacent to an activating group) is 1. The maximum absolute atomic E-state index is 12.0. The van der Waals surface area contributed by atoms with Crippen LogP contribution in [0.3, 0.4) is 0 Å². The van der Waals surface area contributed by atoms with Gasteiger partial charge in [-0.3, -0.25) is 0 Å². The van der Waals surface area contributed by atoms with E-state index in [2.05, 4.69) is 5.32 Å². The molecule has 0 saturated carbocycles. The number of rotatable bonds is 11. The van der Waals surface area contributed by atoms with Crippen molar-refractivity contribution in [3.05, 3.63) is 0 Å². The fourth-order valence-corrected chi connectivity index (χ4v) is 1.42. The van der Waals surface area contributed by atoms with E-state index in [0.717, 1.165) is 39.1 Å². The Morgan fingerprint density at radius 2 is 1.83 bits per heavy atom. The van der Waals surface area contributed by atoms with Gasteiger partial charge in [0.15, 0.2) is 0 Å². The van der Waals surface area contributed by atoms with Gasteiger partial charge in [0, 0.05) is 32.8 Å². The number of nitrogens with zero attached hydrogens (tertiary/aromatic N) is 1. The third-order valence-corrected chi connectivity index (χ3v) is 2.54. The molecular formula is C12H25F3N2O. The molecule has 0 atom stereocenters. The topological polar surface area (TPSA) is 24.5 Å². The monoisotopic (exact) mass is 270 g/mol. The maximum Gasteiger partial charge on any atom is 0.390 e. The van der Waals surface area contributed by atoms with Gasteiger partial charge in [0.1, 0.15) is 0 Å². The molecule has 1 N–H and O–H groups in total. The molecule has 0 radical (unpaired) electrons. The zero-order chi connectivity index (χ0) is 13.9. The van der Waals surface area contributed by atoms with Crippen LogP contribution in [0.15, 0.2) is 0 Å². The summed E-state index contributed by atoms with van der Waals surface area (Å²) < 4.78 is 41.1. The van der Waals surface area contributed by atoms with Gasteiger partial charge >= 0.3 is 6.18 Å². The molecule has 0 spiro atoms. The summed E-state index contributed by atoms with van der Waals surface area (Å²) in [6, 6.07) is 0. The molecule has 0 heterocycles. The lowest BCUT2D eigenvalue weighted by molar-refractivity contribution is -0.137. The summed E-state index contributed by atoms with van der Waals surface area (Å²) in [4.78, 5) is 1.70. The minimum atomic E-state index is -4.05. The van der Waals surface area contributed by atoms with Crippen LogP contribution in [0.2, 0.25) is 0 Å². The predicted molar refractivity (Wildman–Crippen MR) is 66.8 cm³/mol. The molecule has 0 aromatic rings. The minimum Gasteiger partial charge on any atom is -0.382 e. The third kappa shape index (κ3) is 13.7. The Bertz CT molecular complexity index is 189. The first-order valence-electron chi connectivity index (χ1n) is 6.49. The third-order valence-electron chi connectivity index (χ3n) is 2.54. The van der Waals surface area contributed by atoms with Crippen molar-refractivity contribution in [1.82, 2.24) is 10.2 Å².